The maximum Gasteiger partial charge on any atom is 0.325 e. The van der Waals surface area contributed by atoms with Crippen LogP contribution < -0.4 is 10.6 Å². The van der Waals surface area contributed by atoms with Crippen LogP contribution in [0.15, 0.2) is 30.3 Å². The van der Waals surface area contributed by atoms with Crippen molar-refractivity contribution in [2.75, 3.05) is 10.6 Å². The van der Waals surface area contributed by atoms with Gasteiger partial charge in [-0.25, -0.2) is 18.6 Å². The molecule has 0 unspecified atom stereocenters. The second-order valence-electron chi connectivity index (χ2n) is 4.97. The van der Waals surface area contributed by atoms with E-state index in [1.165, 1.54) is 0 Å². The first-order valence-corrected chi connectivity index (χ1v) is 7.62. The van der Waals surface area contributed by atoms with E-state index >= 15 is 0 Å². The monoisotopic (exact) mass is 344 g/mol. The fourth-order valence-corrected chi connectivity index (χ4v) is 2.99. The number of nitrogens with one attached hydrogen (secondary N) is 2. The minimum Gasteiger partial charge on any atom is -0.308 e. The number of carbonyl (C=O) groups excluding carboxylic acids is 1. The maximum absolute atomic E-state index is 13.6. The number of thiazole rings is 1. The molecule has 0 saturated carbocycles. The summed E-state index contributed by atoms with van der Waals surface area (Å²) >= 11 is 0.959. The van der Waals surface area contributed by atoms with Crippen LogP contribution in [0.1, 0.15) is 11.1 Å². The summed E-state index contributed by atoms with van der Waals surface area (Å²) in [5, 5.41) is 14.2. The van der Waals surface area contributed by atoms with Crippen LogP contribution in [0.2, 0.25) is 0 Å². The number of aromatic nitrogens is 1. The number of benzene rings is 2. The summed E-state index contributed by atoms with van der Waals surface area (Å²) in [6.45, 7) is 1.79. The fourth-order valence-electron chi connectivity index (χ4n) is 2.09. The van der Waals surface area contributed by atoms with Crippen molar-refractivity contribution in [2.24, 2.45) is 0 Å². The first kappa shape index (κ1) is 15.8. The average Bonchev–Trinajstić information content (AvgIpc) is 2.91. The molecule has 120 valence electrons. The lowest BCUT2D eigenvalue weighted by Crippen LogP contribution is -2.19. The largest absolute Gasteiger partial charge is 0.325 e. The molecule has 1 aromatic heterocycles. The van der Waals surface area contributed by atoms with Gasteiger partial charge in [0, 0.05) is 11.8 Å². The Hall–Kier alpha value is -3.05. The lowest BCUT2D eigenvalue weighted by atomic mass is 10.1. The van der Waals surface area contributed by atoms with Crippen LogP contribution >= 0.6 is 11.3 Å². The van der Waals surface area contributed by atoms with Crippen LogP contribution in [-0.2, 0) is 0 Å². The van der Waals surface area contributed by atoms with E-state index in [1.54, 1.807) is 25.1 Å². The van der Waals surface area contributed by atoms with Crippen molar-refractivity contribution >= 4 is 38.4 Å². The van der Waals surface area contributed by atoms with Crippen LogP contribution in [0.3, 0.4) is 0 Å². The highest BCUT2D eigenvalue weighted by atomic mass is 32.1. The number of aryl methyl sites for hydroxylation is 1. The molecule has 8 heteroatoms. The average molecular weight is 344 g/mol. The van der Waals surface area contributed by atoms with Gasteiger partial charge in [0.15, 0.2) is 10.9 Å². The predicted molar refractivity (Wildman–Crippen MR) is 88.1 cm³/mol. The Morgan fingerprint density at radius 1 is 1.25 bits per heavy atom. The summed E-state index contributed by atoms with van der Waals surface area (Å²) in [6.07, 6.45) is 0. The third-order valence-electron chi connectivity index (χ3n) is 3.25. The van der Waals surface area contributed by atoms with E-state index in [-0.39, 0.29) is 10.6 Å². The van der Waals surface area contributed by atoms with E-state index < -0.39 is 17.7 Å². The van der Waals surface area contributed by atoms with Gasteiger partial charge in [-0.05, 0) is 30.7 Å². The molecule has 3 rings (SSSR count). The second kappa shape index (κ2) is 6.22. The zero-order valence-corrected chi connectivity index (χ0v) is 13.2. The van der Waals surface area contributed by atoms with Gasteiger partial charge in [-0.2, -0.15) is 5.26 Å². The quantitative estimate of drug-likeness (QED) is 0.723. The Bertz CT molecular complexity index is 994. The first-order chi connectivity index (χ1) is 11.5. The van der Waals surface area contributed by atoms with E-state index in [0.29, 0.717) is 16.0 Å². The summed E-state index contributed by atoms with van der Waals surface area (Å²) in [7, 11) is 0. The van der Waals surface area contributed by atoms with Crippen LogP contribution in [0, 0.1) is 29.9 Å². The third-order valence-corrected chi connectivity index (χ3v) is 4.17. The van der Waals surface area contributed by atoms with Crippen molar-refractivity contribution in [1.29, 1.82) is 5.26 Å². The molecule has 3 aromatic rings. The van der Waals surface area contributed by atoms with Gasteiger partial charge in [-0.15, -0.1) is 0 Å². The number of nitriles is 1. The zero-order chi connectivity index (χ0) is 17.3. The summed E-state index contributed by atoms with van der Waals surface area (Å²) < 4.78 is 27.1. The van der Waals surface area contributed by atoms with Gasteiger partial charge in [0.05, 0.1) is 16.3 Å². The number of anilines is 2. The van der Waals surface area contributed by atoms with Gasteiger partial charge in [0.2, 0.25) is 0 Å². The Morgan fingerprint density at radius 2 is 2.04 bits per heavy atom. The molecule has 5 nitrogen and oxygen atoms in total. The van der Waals surface area contributed by atoms with Crippen molar-refractivity contribution in [3.05, 3.63) is 53.1 Å². The first-order valence-electron chi connectivity index (χ1n) is 6.80. The number of hydrogen-bond acceptors (Lipinski definition) is 4. The van der Waals surface area contributed by atoms with Gasteiger partial charge in [0.25, 0.3) is 0 Å². The molecule has 2 amide bonds. The fraction of sp³-hybridized carbons (Fsp3) is 0.0625. The van der Waals surface area contributed by atoms with Crippen molar-refractivity contribution in [3.63, 3.8) is 0 Å². The molecule has 0 fully saturated rings. The third kappa shape index (κ3) is 3.16. The Labute approximate surface area is 139 Å². The van der Waals surface area contributed by atoms with Crippen LogP contribution in [0.4, 0.5) is 24.4 Å². The molecule has 24 heavy (non-hydrogen) atoms. The van der Waals surface area contributed by atoms with Gasteiger partial charge in [-0.1, -0.05) is 17.4 Å². The smallest absolute Gasteiger partial charge is 0.308 e. The maximum atomic E-state index is 13.6. The van der Waals surface area contributed by atoms with Crippen LogP contribution in [0.25, 0.3) is 10.2 Å². The van der Waals surface area contributed by atoms with E-state index in [1.807, 2.05) is 6.07 Å². The molecule has 2 N–H and O–H groups in total. The van der Waals surface area contributed by atoms with E-state index in [4.69, 9.17) is 5.26 Å². The lowest BCUT2D eigenvalue weighted by molar-refractivity contribution is 0.262. The summed E-state index contributed by atoms with van der Waals surface area (Å²) in [5.41, 5.74) is 1.68. The van der Waals surface area contributed by atoms with Gasteiger partial charge in [-0.3, -0.25) is 5.32 Å². The summed E-state index contributed by atoms with van der Waals surface area (Å²) in [6, 6.07) is 8.23. The Balaban J connectivity index is 1.78. The highest BCUT2D eigenvalue weighted by Gasteiger charge is 2.13. The molecule has 0 radical (unpaired) electrons. The summed E-state index contributed by atoms with van der Waals surface area (Å²) in [4.78, 5) is 15.9. The number of nitrogens with zero attached hydrogens (tertiary/aromatic N) is 2. The molecule has 0 bridgehead atoms. The van der Waals surface area contributed by atoms with E-state index in [0.717, 1.165) is 29.0 Å². The molecule has 1 heterocycles. The number of amides is 2. The highest BCUT2D eigenvalue weighted by Crippen LogP contribution is 2.28. The van der Waals surface area contributed by atoms with Gasteiger partial charge >= 0.3 is 6.03 Å². The van der Waals surface area contributed by atoms with E-state index in [2.05, 4.69) is 15.6 Å². The number of halogens is 2. The molecule has 0 atom stereocenters. The SMILES string of the molecule is Cc1ccc(NC(=O)Nc2nc3c(F)cc(F)cc3s2)cc1C#N. The van der Waals surface area contributed by atoms with Crippen LogP contribution in [-0.4, -0.2) is 11.0 Å². The molecular formula is C16H10F2N4OS. The normalized spacial score (nSPS) is 10.4. The molecule has 0 aliphatic heterocycles. The number of urea groups is 1. The van der Waals surface area contributed by atoms with Gasteiger partial charge < -0.3 is 5.32 Å². The second-order valence-corrected chi connectivity index (χ2v) is 6.00. The molecule has 0 aliphatic carbocycles. The number of rotatable bonds is 2. The zero-order valence-electron chi connectivity index (χ0n) is 12.4. The van der Waals surface area contributed by atoms with Crippen molar-refractivity contribution < 1.29 is 13.6 Å². The Kier molecular flexibility index (Phi) is 4.10. The molecule has 0 spiro atoms. The molecule has 0 aliphatic rings. The lowest BCUT2D eigenvalue weighted by Gasteiger charge is -2.06. The van der Waals surface area contributed by atoms with Crippen molar-refractivity contribution in [3.8, 4) is 6.07 Å². The van der Waals surface area contributed by atoms with E-state index in [9.17, 15) is 13.6 Å². The highest BCUT2D eigenvalue weighted by molar-refractivity contribution is 7.22. The number of carbonyl (C=O) groups is 1. The molecule has 2 aromatic carbocycles. The summed E-state index contributed by atoms with van der Waals surface area (Å²) in [5.74, 6) is -1.49. The number of hydrogen-bond donors (Lipinski definition) is 2. The van der Waals surface area contributed by atoms with Gasteiger partial charge in [0.1, 0.15) is 11.3 Å². The predicted octanol–water partition coefficient (Wildman–Crippen LogP) is 4.40. The minimum absolute atomic E-state index is 0.00111. The van der Waals surface area contributed by atoms with Crippen LogP contribution in [0.5, 0.6) is 0 Å². The minimum atomic E-state index is -0.785. The number of fused-ring (bicyclic) bond motifs is 1. The Morgan fingerprint density at radius 3 is 2.79 bits per heavy atom. The molecule has 0 saturated heterocycles. The topological polar surface area (TPSA) is 77.8 Å². The van der Waals surface area contributed by atoms with Crippen molar-refractivity contribution in [2.45, 2.75) is 6.92 Å². The molecular weight excluding hydrogens is 334 g/mol. The van der Waals surface area contributed by atoms with Crippen molar-refractivity contribution in [1.82, 2.24) is 4.98 Å². The standard InChI is InChI=1S/C16H10F2N4OS/c1-8-2-3-11(4-9(8)7-19)20-15(23)22-16-21-14-12(18)5-10(17)6-13(14)24-16/h2-6H,1H3,(H2,20,21,22,23).